The van der Waals surface area contributed by atoms with Gasteiger partial charge in [-0.15, -0.1) is 0 Å². The summed E-state index contributed by atoms with van der Waals surface area (Å²) in [6.07, 6.45) is 5.19. The average molecular weight is 244 g/mol. The van der Waals surface area contributed by atoms with Crippen molar-refractivity contribution in [1.82, 2.24) is 4.98 Å². The van der Waals surface area contributed by atoms with E-state index >= 15 is 0 Å². The van der Waals surface area contributed by atoms with Gasteiger partial charge in [-0.3, -0.25) is 0 Å². The van der Waals surface area contributed by atoms with Gasteiger partial charge in [-0.25, -0.2) is 0 Å². The molecule has 1 aromatic heterocycles. The van der Waals surface area contributed by atoms with Crippen molar-refractivity contribution in [2.75, 3.05) is 5.32 Å². The van der Waals surface area contributed by atoms with Gasteiger partial charge in [0.05, 0.1) is 6.10 Å². The molecule has 0 bridgehead atoms. The minimum atomic E-state index is 0.255. The molecule has 0 saturated carbocycles. The zero-order valence-corrected chi connectivity index (χ0v) is 10.9. The Labute approximate surface area is 108 Å². The summed E-state index contributed by atoms with van der Waals surface area (Å²) in [4.78, 5) is 3.05. The van der Waals surface area contributed by atoms with Gasteiger partial charge in [0.2, 0.25) is 0 Å². The predicted octanol–water partition coefficient (Wildman–Crippen LogP) is 3.80. The fourth-order valence-electron chi connectivity index (χ4n) is 1.67. The second-order valence-corrected chi connectivity index (χ2v) is 4.44. The van der Waals surface area contributed by atoms with Gasteiger partial charge in [0.25, 0.3) is 0 Å². The van der Waals surface area contributed by atoms with E-state index in [1.807, 2.05) is 30.6 Å². The first-order chi connectivity index (χ1) is 8.78. The Morgan fingerprint density at radius 3 is 2.94 bits per heavy atom. The number of aromatic amines is 1. The normalized spacial score (nSPS) is 12.1. The maximum Gasteiger partial charge on any atom is 0.121 e. The minimum Gasteiger partial charge on any atom is -0.491 e. The predicted molar refractivity (Wildman–Crippen MR) is 74.9 cm³/mol. The van der Waals surface area contributed by atoms with Crippen molar-refractivity contribution in [3.8, 4) is 5.75 Å². The zero-order valence-electron chi connectivity index (χ0n) is 10.9. The largest absolute Gasteiger partial charge is 0.491 e. The Hall–Kier alpha value is -1.90. The monoisotopic (exact) mass is 244 g/mol. The Kier molecular flexibility index (Phi) is 4.29. The van der Waals surface area contributed by atoms with Crippen LogP contribution in [0.5, 0.6) is 5.75 Å². The van der Waals surface area contributed by atoms with Crippen molar-refractivity contribution >= 4 is 5.69 Å². The summed E-state index contributed by atoms with van der Waals surface area (Å²) >= 11 is 0. The molecular weight excluding hydrogens is 224 g/mol. The summed E-state index contributed by atoms with van der Waals surface area (Å²) in [6.45, 7) is 5.02. The Morgan fingerprint density at radius 1 is 1.33 bits per heavy atom. The van der Waals surface area contributed by atoms with E-state index in [4.69, 9.17) is 4.74 Å². The van der Waals surface area contributed by atoms with Crippen molar-refractivity contribution in [2.24, 2.45) is 0 Å². The molecule has 2 aromatic rings. The number of ether oxygens (including phenoxy) is 1. The van der Waals surface area contributed by atoms with Gasteiger partial charge < -0.3 is 15.0 Å². The van der Waals surface area contributed by atoms with E-state index < -0.39 is 0 Å². The summed E-state index contributed by atoms with van der Waals surface area (Å²) in [5.74, 6) is 0.920. The first-order valence-electron chi connectivity index (χ1n) is 6.40. The molecule has 1 aromatic carbocycles. The fraction of sp³-hybridized carbons (Fsp3) is 0.333. The van der Waals surface area contributed by atoms with Crippen LogP contribution in [0.15, 0.2) is 42.7 Å². The smallest absolute Gasteiger partial charge is 0.121 e. The van der Waals surface area contributed by atoms with Gasteiger partial charge in [-0.1, -0.05) is 13.0 Å². The average Bonchev–Trinajstić information content (AvgIpc) is 2.90. The van der Waals surface area contributed by atoms with E-state index in [1.54, 1.807) is 0 Å². The summed E-state index contributed by atoms with van der Waals surface area (Å²) in [5.41, 5.74) is 2.32. The molecule has 2 N–H and O–H groups in total. The number of nitrogens with one attached hydrogen (secondary N) is 2. The Morgan fingerprint density at radius 2 is 2.22 bits per heavy atom. The van der Waals surface area contributed by atoms with Gasteiger partial charge in [0.1, 0.15) is 5.75 Å². The molecule has 1 unspecified atom stereocenters. The van der Waals surface area contributed by atoms with Crippen LogP contribution in [0.2, 0.25) is 0 Å². The topological polar surface area (TPSA) is 37.0 Å². The maximum absolute atomic E-state index is 5.80. The third-order valence-corrected chi connectivity index (χ3v) is 2.91. The molecule has 3 heteroatoms. The highest BCUT2D eigenvalue weighted by molar-refractivity contribution is 5.48. The molecule has 0 spiro atoms. The molecule has 0 radical (unpaired) electrons. The Balaban J connectivity index is 1.94. The van der Waals surface area contributed by atoms with Crippen LogP contribution in [0.25, 0.3) is 0 Å². The third kappa shape index (κ3) is 3.55. The molecule has 1 atom stereocenters. The van der Waals surface area contributed by atoms with Crippen LogP contribution >= 0.6 is 0 Å². The van der Waals surface area contributed by atoms with Crippen molar-refractivity contribution in [1.29, 1.82) is 0 Å². The van der Waals surface area contributed by atoms with Crippen molar-refractivity contribution in [2.45, 2.75) is 32.9 Å². The first-order valence-corrected chi connectivity index (χ1v) is 6.40. The second kappa shape index (κ2) is 6.15. The number of H-pyrrole nitrogens is 1. The van der Waals surface area contributed by atoms with Gasteiger partial charge >= 0.3 is 0 Å². The van der Waals surface area contributed by atoms with E-state index in [0.717, 1.165) is 24.4 Å². The number of hydrogen-bond acceptors (Lipinski definition) is 2. The van der Waals surface area contributed by atoms with Crippen LogP contribution in [-0.2, 0) is 6.54 Å². The number of anilines is 1. The summed E-state index contributed by atoms with van der Waals surface area (Å²) in [5, 5.41) is 3.38. The lowest BCUT2D eigenvalue weighted by Gasteiger charge is -2.13. The van der Waals surface area contributed by atoms with E-state index in [1.165, 1.54) is 5.56 Å². The van der Waals surface area contributed by atoms with E-state index in [0.29, 0.717) is 0 Å². The molecule has 2 rings (SSSR count). The van der Waals surface area contributed by atoms with Gasteiger partial charge in [-0.05, 0) is 37.1 Å². The molecule has 0 amide bonds. The van der Waals surface area contributed by atoms with E-state index in [-0.39, 0.29) is 6.10 Å². The number of benzene rings is 1. The summed E-state index contributed by atoms with van der Waals surface area (Å²) in [6, 6.07) is 10.2. The zero-order chi connectivity index (χ0) is 12.8. The molecule has 96 valence electrons. The lowest BCUT2D eigenvalue weighted by molar-refractivity contribution is 0.217. The van der Waals surface area contributed by atoms with Crippen molar-refractivity contribution in [3.63, 3.8) is 0 Å². The summed E-state index contributed by atoms with van der Waals surface area (Å²) < 4.78 is 5.80. The Bertz CT molecular complexity index is 465. The van der Waals surface area contributed by atoms with Gasteiger partial charge in [-0.2, -0.15) is 0 Å². The maximum atomic E-state index is 5.80. The molecule has 0 aliphatic carbocycles. The number of aromatic nitrogens is 1. The SMILES string of the molecule is CCC(C)Oc1cccc(NCc2cc[nH]c2)c1. The quantitative estimate of drug-likeness (QED) is 0.811. The lowest BCUT2D eigenvalue weighted by Crippen LogP contribution is -2.09. The highest BCUT2D eigenvalue weighted by Crippen LogP contribution is 2.19. The molecule has 1 heterocycles. The van der Waals surface area contributed by atoms with Crippen LogP contribution in [-0.4, -0.2) is 11.1 Å². The molecule has 18 heavy (non-hydrogen) atoms. The minimum absolute atomic E-state index is 0.255. The highest BCUT2D eigenvalue weighted by Gasteiger charge is 2.02. The number of hydrogen-bond donors (Lipinski definition) is 2. The van der Waals surface area contributed by atoms with Crippen LogP contribution in [0, 0.1) is 0 Å². The van der Waals surface area contributed by atoms with Gasteiger partial charge in [0, 0.05) is 30.7 Å². The molecule has 3 nitrogen and oxygen atoms in total. The lowest BCUT2D eigenvalue weighted by atomic mass is 10.2. The van der Waals surface area contributed by atoms with Gasteiger partial charge in [0.15, 0.2) is 0 Å². The standard InChI is InChI=1S/C15H20N2O/c1-3-12(2)18-15-6-4-5-14(9-15)17-11-13-7-8-16-10-13/h4-10,12,16-17H,3,11H2,1-2H3. The molecular formula is C15H20N2O. The molecule has 0 aliphatic rings. The molecule has 0 aliphatic heterocycles. The molecule has 0 saturated heterocycles. The first kappa shape index (κ1) is 12.6. The highest BCUT2D eigenvalue weighted by atomic mass is 16.5. The second-order valence-electron chi connectivity index (χ2n) is 4.44. The van der Waals surface area contributed by atoms with Crippen LogP contribution < -0.4 is 10.1 Å². The summed E-state index contributed by atoms with van der Waals surface area (Å²) in [7, 11) is 0. The van der Waals surface area contributed by atoms with Crippen LogP contribution in [0.3, 0.4) is 0 Å². The van der Waals surface area contributed by atoms with Crippen molar-refractivity contribution in [3.05, 3.63) is 48.3 Å². The molecule has 0 fully saturated rings. The number of rotatable bonds is 6. The third-order valence-electron chi connectivity index (χ3n) is 2.91. The fourth-order valence-corrected chi connectivity index (χ4v) is 1.67. The van der Waals surface area contributed by atoms with E-state index in [9.17, 15) is 0 Å². The van der Waals surface area contributed by atoms with Crippen LogP contribution in [0.4, 0.5) is 5.69 Å². The van der Waals surface area contributed by atoms with E-state index in [2.05, 4.69) is 36.3 Å². The van der Waals surface area contributed by atoms with Crippen molar-refractivity contribution < 1.29 is 4.74 Å². The van der Waals surface area contributed by atoms with Crippen LogP contribution in [0.1, 0.15) is 25.8 Å².